The Morgan fingerprint density at radius 2 is 2.12 bits per heavy atom. The molecule has 16 heavy (non-hydrogen) atoms. The van der Waals surface area contributed by atoms with Gasteiger partial charge in [0.1, 0.15) is 17.3 Å². The molecule has 0 saturated heterocycles. The number of hydrogen-bond acceptors (Lipinski definition) is 2. The van der Waals surface area contributed by atoms with Crippen LogP contribution in [0.2, 0.25) is 0 Å². The summed E-state index contributed by atoms with van der Waals surface area (Å²) in [5.74, 6) is -1.86. The Balaban J connectivity index is 2.80. The highest BCUT2D eigenvalue weighted by atomic mass is 19.2. The highest BCUT2D eigenvalue weighted by Crippen LogP contribution is 2.24. The fraction of sp³-hybridized carbons (Fsp3) is 0.273. The number of aromatic nitrogens is 2. The Morgan fingerprint density at radius 3 is 2.75 bits per heavy atom. The third-order valence-corrected chi connectivity index (χ3v) is 2.54. The van der Waals surface area contributed by atoms with Gasteiger partial charge in [0.2, 0.25) is 0 Å². The molecule has 1 aromatic heterocycles. The number of rotatable bonds is 1. The van der Waals surface area contributed by atoms with Gasteiger partial charge >= 0.3 is 0 Å². The van der Waals surface area contributed by atoms with Crippen molar-refractivity contribution in [2.45, 2.75) is 12.8 Å². The van der Waals surface area contributed by atoms with Crippen molar-refractivity contribution in [3.8, 4) is 6.07 Å². The van der Waals surface area contributed by atoms with Crippen LogP contribution in [0.15, 0.2) is 12.1 Å². The molecule has 2 rings (SSSR count). The van der Waals surface area contributed by atoms with Crippen LogP contribution < -0.4 is 0 Å². The third-order valence-electron chi connectivity index (χ3n) is 2.54. The van der Waals surface area contributed by atoms with E-state index in [0.29, 0.717) is 11.3 Å². The highest BCUT2D eigenvalue weighted by molar-refractivity contribution is 5.77. The maximum absolute atomic E-state index is 13.5. The Kier molecular flexibility index (Phi) is 2.35. The van der Waals surface area contributed by atoms with Gasteiger partial charge in [0.25, 0.3) is 0 Å². The standard InChI is InChI=1S/C11H9F2N3/c1-6(5-14)11-15-8-4-3-7(12)9(13)10(8)16(11)2/h3-4,6H,1-2H3. The van der Waals surface area contributed by atoms with Crippen LogP contribution in [-0.2, 0) is 7.05 Å². The molecule has 0 aliphatic heterocycles. The molecule has 2 aromatic rings. The lowest BCUT2D eigenvalue weighted by molar-refractivity contribution is 0.513. The van der Waals surface area contributed by atoms with E-state index in [1.807, 2.05) is 6.07 Å². The predicted octanol–water partition coefficient (Wildman–Crippen LogP) is 2.48. The van der Waals surface area contributed by atoms with Gasteiger partial charge in [-0.25, -0.2) is 13.8 Å². The summed E-state index contributed by atoms with van der Waals surface area (Å²) in [5, 5.41) is 8.79. The molecule has 0 radical (unpaired) electrons. The van der Waals surface area contributed by atoms with Crippen molar-refractivity contribution in [2.24, 2.45) is 7.05 Å². The van der Waals surface area contributed by atoms with E-state index in [2.05, 4.69) is 4.98 Å². The van der Waals surface area contributed by atoms with Gasteiger partial charge in [0, 0.05) is 7.05 Å². The first-order chi connectivity index (χ1) is 7.56. The summed E-state index contributed by atoms with van der Waals surface area (Å²) in [5.41, 5.74) is 0.454. The van der Waals surface area contributed by atoms with Gasteiger partial charge in [0.15, 0.2) is 11.6 Å². The summed E-state index contributed by atoms with van der Waals surface area (Å²) in [6, 6.07) is 4.45. The molecule has 0 amide bonds. The molecule has 0 N–H and O–H groups in total. The van der Waals surface area contributed by atoms with Gasteiger partial charge in [-0.2, -0.15) is 5.26 Å². The Hall–Kier alpha value is -1.96. The quantitative estimate of drug-likeness (QED) is 0.742. The van der Waals surface area contributed by atoms with Crippen molar-refractivity contribution in [2.75, 3.05) is 0 Å². The fourth-order valence-corrected chi connectivity index (χ4v) is 1.70. The first-order valence-corrected chi connectivity index (χ1v) is 4.76. The summed E-state index contributed by atoms with van der Waals surface area (Å²) < 4.78 is 28.0. The third kappa shape index (κ3) is 1.34. The van der Waals surface area contributed by atoms with E-state index in [0.717, 1.165) is 6.07 Å². The molecule has 5 heteroatoms. The average molecular weight is 221 g/mol. The molecular formula is C11H9F2N3. The Morgan fingerprint density at radius 1 is 1.44 bits per heavy atom. The Labute approximate surface area is 90.9 Å². The van der Waals surface area contributed by atoms with E-state index >= 15 is 0 Å². The van der Waals surface area contributed by atoms with Crippen molar-refractivity contribution in [3.63, 3.8) is 0 Å². The smallest absolute Gasteiger partial charge is 0.184 e. The van der Waals surface area contributed by atoms with Crippen molar-refractivity contribution < 1.29 is 8.78 Å². The van der Waals surface area contributed by atoms with E-state index < -0.39 is 17.6 Å². The number of halogens is 2. The lowest BCUT2D eigenvalue weighted by Gasteiger charge is -2.03. The largest absolute Gasteiger partial charge is 0.328 e. The normalized spacial score (nSPS) is 12.7. The second-order valence-electron chi connectivity index (χ2n) is 3.61. The van der Waals surface area contributed by atoms with Crippen LogP contribution in [0.25, 0.3) is 11.0 Å². The van der Waals surface area contributed by atoms with Gasteiger partial charge in [-0.15, -0.1) is 0 Å². The minimum atomic E-state index is -0.927. The molecule has 0 spiro atoms. The second-order valence-corrected chi connectivity index (χ2v) is 3.61. The van der Waals surface area contributed by atoms with Crippen molar-refractivity contribution in [3.05, 3.63) is 29.6 Å². The number of nitrogens with zero attached hydrogens (tertiary/aromatic N) is 3. The van der Waals surface area contributed by atoms with Crippen LogP contribution in [0.1, 0.15) is 18.7 Å². The molecule has 3 nitrogen and oxygen atoms in total. The zero-order valence-electron chi connectivity index (χ0n) is 8.83. The first kappa shape index (κ1) is 10.6. The van der Waals surface area contributed by atoms with Gasteiger partial charge in [-0.05, 0) is 19.1 Å². The number of aryl methyl sites for hydroxylation is 1. The van der Waals surface area contributed by atoms with Crippen LogP contribution in [0, 0.1) is 23.0 Å². The number of hydrogen-bond donors (Lipinski definition) is 0. The van der Waals surface area contributed by atoms with E-state index in [1.165, 1.54) is 10.6 Å². The Bertz CT molecular complexity index is 595. The summed E-state index contributed by atoms with van der Waals surface area (Å²) in [4.78, 5) is 4.12. The molecular weight excluding hydrogens is 212 g/mol. The summed E-state index contributed by atoms with van der Waals surface area (Å²) in [6.45, 7) is 1.66. The average Bonchev–Trinajstić information content (AvgIpc) is 2.61. The molecule has 0 aliphatic carbocycles. The van der Waals surface area contributed by atoms with Crippen LogP contribution in [0.3, 0.4) is 0 Å². The minimum Gasteiger partial charge on any atom is -0.328 e. The second kappa shape index (κ2) is 3.56. The summed E-state index contributed by atoms with van der Waals surface area (Å²) in [6.07, 6.45) is 0. The topological polar surface area (TPSA) is 41.6 Å². The van der Waals surface area contributed by atoms with Crippen LogP contribution in [0.4, 0.5) is 8.78 Å². The van der Waals surface area contributed by atoms with Gasteiger partial charge in [0.05, 0.1) is 11.6 Å². The number of nitriles is 1. The first-order valence-electron chi connectivity index (χ1n) is 4.76. The summed E-state index contributed by atoms with van der Waals surface area (Å²) in [7, 11) is 1.57. The zero-order valence-corrected chi connectivity index (χ0v) is 8.83. The van der Waals surface area contributed by atoms with Gasteiger partial charge in [-0.1, -0.05) is 0 Å². The number of benzene rings is 1. The van der Waals surface area contributed by atoms with E-state index in [1.54, 1.807) is 14.0 Å². The van der Waals surface area contributed by atoms with Crippen LogP contribution >= 0.6 is 0 Å². The van der Waals surface area contributed by atoms with E-state index in [-0.39, 0.29) is 5.52 Å². The van der Waals surface area contributed by atoms with E-state index in [9.17, 15) is 8.78 Å². The lowest BCUT2D eigenvalue weighted by atomic mass is 10.2. The number of imidazole rings is 1. The molecule has 1 atom stereocenters. The predicted molar refractivity (Wildman–Crippen MR) is 54.7 cm³/mol. The zero-order chi connectivity index (χ0) is 11.9. The molecule has 1 heterocycles. The summed E-state index contributed by atoms with van der Waals surface area (Å²) >= 11 is 0. The highest BCUT2D eigenvalue weighted by Gasteiger charge is 2.18. The van der Waals surface area contributed by atoms with Crippen molar-refractivity contribution in [1.29, 1.82) is 5.26 Å². The molecule has 1 aromatic carbocycles. The molecule has 0 bridgehead atoms. The van der Waals surface area contributed by atoms with Crippen molar-refractivity contribution >= 4 is 11.0 Å². The molecule has 1 unspecified atom stereocenters. The fourth-order valence-electron chi connectivity index (χ4n) is 1.70. The van der Waals surface area contributed by atoms with Gasteiger partial charge < -0.3 is 4.57 Å². The monoisotopic (exact) mass is 221 g/mol. The molecule has 82 valence electrons. The van der Waals surface area contributed by atoms with Crippen LogP contribution in [0.5, 0.6) is 0 Å². The maximum atomic E-state index is 13.5. The van der Waals surface area contributed by atoms with E-state index in [4.69, 9.17) is 5.26 Å². The lowest BCUT2D eigenvalue weighted by Crippen LogP contribution is -2.02. The van der Waals surface area contributed by atoms with Gasteiger partial charge in [-0.3, -0.25) is 0 Å². The SMILES string of the molecule is CC(C#N)c1nc2ccc(F)c(F)c2n1C. The molecule has 0 saturated carbocycles. The number of fused-ring (bicyclic) bond motifs is 1. The van der Waals surface area contributed by atoms with Crippen LogP contribution in [-0.4, -0.2) is 9.55 Å². The molecule has 0 aliphatic rings. The molecule has 0 fully saturated rings. The van der Waals surface area contributed by atoms with Crippen molar-refractivity contribution in [1.82, 2.24) is 9.55 Å². The maximum Gasteiger partial charge on any atom is 0.184 e. The minimum absolute atomic E-state index is 0.0945.